The van der Waals surface area contributed by atoms with Crippen molar-refractivity contribution in [2.45, 2.75) is 243 Å². The highest BCUT2D eigenvalue weighted by Gasteiger charge is 2.44. The predicted molar refractivity (Wildman–Crippen MR) is 232 cm³/mol. The number of aliphatic hydroxyl groups excluding tert-OH is 6. The smallest absolute Gasteiger partial charge is 0.249 e. The maximum Gasteiger partial charge on any atom is 0.249 e. The number of rotatable bonds is 38. The van der Waals surface area contributed by atoms with E-state index in [1.54, 1.807) is 6.08 Å². The van der Waals surface area contributed by atoms with Gasteiger partial charge in [-0.3, -0.25) is 4.79 Å². The summed E-state index contributed by atoms with van der Waals surface area (Å²) in [6.45, 7) is 3.57. The average Bonchev–Trinajstić information content (AvgIpc) is 3.21. The van der Waals surface area contributed by atoms with Crippen LogP contribution in [0.15, 0.2) is 36.5 Å². The van der Waals surface area contributed by atoms with Crippen molar-refractivity contribution in [1.29, 1.82) is 0 Å². The zero-order valence-electron chi connectivity index (χ0n) is 36.2. The minimum Gasteiger partial charge on any atom is -0.394 e. The fourth-order valence-electron chi connectivity index (χ4n) is 7.19. The van der Waals surface area contributed by atoms with E-state index in [4.69, 9.17) is 9.47 Å². The SMILES string of the molecule is CCCCC/C=C\C/C=C\CCCCCCCCC(O)C(=O)NC(COC1OC(CO)C(O)C(O)C1O)C(O)/C=C/CCCCCCCCCCCCCCCC. The van der Waals surface area contributed by atoms with Gasteiger partial charge in [0.2, 0.25) is 5.91 Å². The fourth-order valence-corrected chi connectivity index (χ4v) is 7.19. The molecule has 0 saturated carbocycles. The first-order valence-corrected chi connectivity index (χ1v) is 23.3. The van der Waals surface area contributed by atoms with E-state index in [9.17, 15) is 35.4 Å². The Kier molecular flexibility index (Phi) is 35.0. The lowest BCUT2D eigenvalue weighted by molar-refractivity contribution is -0.302. The van der Waals surface area contributed by atoms with Crippen LogP contribution in [-0.2, 0) is 14.3 Å². The normalized spacial score (nSPS) is 21.9. The number of carbonyl (C=O) groups excluding carboxylic acids is 1. The number of hydrogen-bond donors (Lipinski definition) is 7. The average molecular weight is 810 g/mol. The van der Waals surface area contributed by atoms with E-state index in [1.807, 2.05) is 6.08 Å². The van der Waals surface area contributed by atoms with Crippen LogP contribution in [0.3, 0.4) is 0 Å². The van der Waals surface area contributed by atoms with Crippen LogP contribution in [0.1, 0.15) is 194 Å². The standard InChI is InChI=1S/C47H87NO9/c1-3-5-7-9-11-13-15-17-19-21-23-25-27-29-31-33-35-40(50)39(38-56-47-45(54)44(53)43(52)42(37-49)57-47)48-46(55)41(51)36-34-32-30-28-26-24-22-20-18-16-14-12-10-8-6-4-2/h12,14,18,20,33,35,39-45,47,49-54H,3-11,13,15-17,19,21-32,34,36-38H2,1-2H3,(H,48,55)/b14-12-,20-18-,35-33+. The van der Waals surface area contributed by atoms with Crippen molar-refractivity contribution in [3.8, 4) is 0 Å². The lowest BCUT2D eigenvalue weighted by Crippen LogP contribution is -2.60. The van der Waals surface area contributed by atoms with E-state index in [2.05, 4.69) is 43.5 Å². The van der Waals surface area contributed by atoms with Crippen LogP contribution in [0.2, 0.25) is 0 Å². The molecule has 10 nitrogen and oxygen atoms in total. The van der Waals surface area contributed by atoms with Gasteiger partial charge in [-0.25, -0.2) is 0 Å². The van der Waals surface area contributed by atoms with Gasteiger partial charge in [-0.2, -0.15) is 0 Å². The van der Waals surface area contributed by atoms with Crippen LogP contribution < -0.4 is 5.32 Å². The molecule has 57 heavy (non-hydrogen) atoms. The van der Waals surface area contributed by atoms with Crippen molar-refractivity contribution in [3.63, 3.8) is 0 Å². The summed E-state index contributed by atoms with van der Waals surface area (Å²) in [5, 5.41) is 64.7. The van der Waals surface area contributed by atoms with E-state index >= 15 is 0 Å². The lowest BCUT2D eigenvalue weighted by atomic mass is 9.99. The summed E-state index contributed by atoms with van der Waals surface area (Å²) in [6, 6.07) is -0.983. The van der Waals surface area contributed by atoms with Crippen molar-refractivity contribution in [3.05, 3.63) is 36.5 Å². The molecule has 0 spiro atoms. The summed E-state index contributed by atoms with van der Waals surface area (Å²) in [4.78, 5) is 13.0. The summed E-state index contributed by atoms with van der Waals surface area (Å²) in [6.07, 6.45) is 35.0. The van der Waals surface area contributed by atoms with E-state index in [0.29, 0.717) is 12.8 Å². The van der Waals surface area contributed by atoms with Gasteiger partial charge in [-0.05, 0) is 51.4 Å². The van der Waals surface area contributed by atoms with E-state index in [1.165, 1.54) is 103 Å². The van der Waals surface area contributed by atoms with Gasteiger partial charge in [0.25, 0.3) is 0 Å². The summed E-state index contributed by atoms with van der Waals surface area (Å²) < 4.78 is 11.1. The second-order valence-corrected chi connectivity index (χ2v) is 16.3. The highest BCUT2D eigenvalue weighted by atomic mass is 16.7. The molecule has 0 aromatic heterocycles. The summed E-state index contributed by atoms with van der Waals surface area (Å²) in [5.41, 5.74) is 0. The Labute approximate surface area is 347 Å². The van der Waals surface area contributed by atoms with Crippen molar-refractivity contribution in [2.24, 2.45) is 0 Å². The second kappa shape index (κ2) is 37.4. The molecular formula is C47H87NO9. The third kappa shape index (κ3) is 27.7. The highest BCUT2D eigenvalue weighted by molar-refractivity contribution is 5.80. The van der Waals surface area contributed by atoms with Gasteiger partial charge in [0, 0.05) is 0 Å². The number of allylic oxidation sites excluding steroid dienone is 5. The number of amides is 1. The number of ether oxygens (including phenoxy) is 2. The predicted octanol–water partition coefficient (Wildman–Crippen LogP) is 8.64. The van der Waals surface area contributed by atoms with Crippen molar-refractivity contribution >= 4 is 5.91 Å². The summed E-state index contributed by atoms with van der Waals surface area (Å²) in [5.74, 6) is -0.626. The van der Waals surface area contributed by atoms with Gasteiger partial charge >= 0.3 is 0 Å². The number of hydrogen-bond acceptors (Lipinski definition) is 9. The van der Waals surface area contributed by atoms with E-state index in [-0.39, 0.29) is 6.61 Å². The van der Waals surface area contributed by atoms with Gasteiger partial charge in [-0.15, -0.1) is 0 Å². The highest BCUT2D eigenvalue weighted by Crippen LogP contribution is 2.23. The molecule has 1 aliphatic rings. The van der Waals surface area contributed by atoms with Gasteiger partial charge < -0.3 is 45.4 Å². The Bertz CT molecular complexity index is 1010. The van der Waals surface area contributed by atoms with Gasteiger partial charge in [-0.1, -0.05) is 179 Å². The molecule has 8 unspecified atom stereocenters. The largest absolute Gasteiger partial charge is 0.394 e. The van der Waals surface area contributed by atoms with Crippen LogP contribution in [0.4, 0.5) is 0 Å². The first-order chi connectivity index (χ1) is 27.8. The van der Waals surface area contributed by atoms with Crippen molar-refractivity contribution < 1.29 is 44.9 Å². The minimum atomic E-state index is -1.61. The molecule has 1 saturated heterocycles. The topological polar surface area (TPSA) is 169 Å². The molecule has 0 radical (unpaired) electrons. The zero-order chi connectivity index (χ0) is 41.8. The third-order valence-corrected chi connectivity index (χ3v) is 11.1. The molecule has 334 valence electrons. The van der Waals surface area contributed by atoms with Gasteiger partial charge in [0.1, 0.15) is 30.5 Å². The monoisotopic (exact) mass is 810 g/mol. The molecule has 1 rings (SSSR count). The molecule has 0 aromatic rings. The zero-order valence-corrected chi connectivity index (χ0v) is 36.2. The van der Waals surface area contributed by atoms with Gasteiger partial charge in [0.15, 0.2) is 6.29 Å². The van der Waals surface area contributed by atoms with Crippen LogP contribution in [-0.4, -0.2) is 98.7 Å². The molecule has 1 aliphatic heterocycles. The van der Waals surface area contributed by atoms with Crippen LogP contribution in [0, 0.1) is 0 Å². The van der Waals surface area contributed by atoms with E-state index in [0.717, 1.165) is 64.2 Å². The molecule has 1 heterocycles. The molecule has 10 heteroatoms. The van der Waals surface area contributed by atoms with Crippen molar-refractivity contribution in [1.82, 2.24) is 5.32 Å². The minimum absolute atomic E-state index is 0.298. The first-order valence-electron chi connectivity index (χ1n) is 23.3. The number of unbranched alkanes of at least 4 members (excludes halogenated alkanes) is 23. The van der Waals surface area contributed by atoms with Crippen LogP contribution in [0.5, 0.6) is 0 Å². The van der Waals surface area contributed by atoms with Gasteiger partial charge in [0.05, 0.1) is 25.4 Å². The summed E-state index contributed by atoms with van der Waals surface area (Å²) >= 11 is 0. The Morgan fingerprint density at radius 2 is 1.07 bits per heavy atom. The number of aliphatic hydroxyl groups is 6. The molecule has 0 bridgehead atoms. The molecular weight excluding hydrogens is 723 g/mol. The third-order valence-electron chi connectivity index (χ3n) is 11.1. The van der Waals surface area contributed by atoms with Crippen LogP contribution >= 0.6 is 0 Å². The number of nitrogens with one attached hydrogen (secondary N) is 1. The Hall–Kier alpha value is -1.63. The molecule has 8 atom stereocenters. The number of carbonyl (C=O) groups is 1. The maximum atomic E-state index is 13.0. The first kappa shape index (κ1) is 53.4. The molecule has 1 fully saturated rings. The molecule has 1 amide bonds. The Morgan fingerprint density at radius 3 is 1.60 bits per heavy atom. The molecule has 7 N–H and O–H groups in total. The maximum absolute atomic E-state index is 13.0. The quantitative estimate of drug-likeness (QED) is 0.0239. The van der Waals surface area contributed by atoms with Crippen LogP contribution in [0.25, 0.3) is 0 Å². The fraction of sp³-hybridized carbons (Fsp3) is 0.851. The Morgan fingerprint density at radius 1 is 0.614 bits per heavy atom. The Balaban J connectivity index is 2.43. The second-order valence-electron chi connectivity index (χ2n) is 16.3. The van der Waals surface area contributed by atoms with Crippen molar-refractivity contribution in [2.75, 3.05) is 13.2 Å². The van der Waals surface area contributed by atoms with E-state index < -0.39 is 61.5 Å². The summed E-state index contributed by atoms with van der Waals surface area (Å²) in [7, 11) is 0. The molecule has 0 aromatic carbocycles. The molecule has 0 aliphatic carbocycles. The lowest BCUT2D eigenvalue weighted by Gasteiger charge is -2.40.